The van der Waals surface area contributed by atoms with Crippen LogP contribution in [0.2, 0.25) is 0 Å². The molecule has 1 aliphatic heterocycles. The Labute approximate surface area is 326 Å². The van der Waals surface area contributed by atoms with Gasteiger partial charge in [-0.25, -0.2) is 0 Å². The van der Waals surface area contributed by atoms with Gasteiger partial charge in [-0.3, -0.25) is 0 Å². The Morgan fingerprint density at radius 1 is 0.964 bits per heavy atom. The number of nitrogens with one attached hydrogen (secondary N) is 2. The minimum atomic E-state index is -1.17. The third-order valence-electron chi connectivity index (χ3n) is 14.3. The van der Waals surface area contributed by atoms with E-state index in [0.29, 0.717) is 44.0 Å². The van der Waals surface area contributed by atoms with Crippen molar-refractivity contribution in [3.8, 4) is 23.3 Å². The Balaban J connectivity index is 1.17. The van der Waals surface area contributed by atoms with Crippen LogP contribution in [0.4, 0.5) is 0 Å². The molecule has 8 rings (SSSR count). The summed E-state index contributed by atoms with van der Waals surface area (Å²) in [7, 11) is 0. The first-order chi connectivity index (χ1) is 26.7. The quantitative estimate of drug-likeness (QED) is 0.127. The Bertz CT molecular complexity index is 1830. The molecule has 9 nitrogen and oxygen atoms in total. The summed E-state index contributed by atoms with van der Waals surface area (Å²) < 4.78 is 6.89. The number of hydrogen-bond donors (Lipinski definition) is 8. The molecule has 5 aliphatic carbocycles. The normalized spacial score (nSPS) is 35.1. The molecule has 2 fully saturated rings. The van der Waals surface area contributed by atoms with Crippen molar-refractivity contribution in [3.63, 3.8) is 0 Å². The second kappa shape index (κ2) is 16.1. The highest BCUT2D eigenvalue weighted by Gasteiger charge is 2.54. The molecule has 6 aliphatic rings. The third kappa shape index (κ3) is 7.36. The van der Waals surface area contributed by atoms with Crippen molar-refractivity contribution < 1.29 is 30.3 Å². The van der Waals surface area contributed by atoms with Gasteiger partial charge in [0.1, 0.15) is 12.2 Å². The van der Waals surface area contributed by atoms with E-state index in [2.05, 4.69) is 53.4 Å². The molecule has 0 bridgehead atoms. The topological polar surface area (TPSA) is 164 Å². The fourth-order valence-corrected chi connectivity index (χ4v) is 11.5. The fraction of sp³-hybridized carbons (Fsp3) is 0.609. The molecule has 0 saturated heterocycles. The number of aliphatic hydroxyl groups is 4. The Kier molecular flexibility index (Phi) is 11.2. The van der Waals surface area contributed by atoms with Gasteiger partial charge in [0, 0.05) is 59.4 Å². The SMILES string of the molecule is CCC1C#CC2C=C3CCc4cc(O)c(OC5C(O)C(O)CCC5C(C5=CCNC(N)=C5)C5(c6ccc[nH]6)CCCC5)cc4C3CC(O)C2C(O)CCCC1. The van der Waals surface area contributed by atoms with Gasteiger partial charge in [-0.05, 0) is 111 Å². The summed E-state index contributed by atoms with van der Waals surface area (Å²) in [5.41, 5.74) is 11.7. The van der Waals surface area contributed by atoms with E-state index >= 15 is 0 Å². The number of benzene rings is 1. The van der Waals surface area contributed by atoms with E-state index in [9.17, 15) is 25.5 Å². The zero-order chi connectivity index (χ0) is 38.3. The van der Waals surface area contributed by atoms with Crippen LogP contribution >= 0.6 is 0 Å². The number of aromatic nitrogens is 1. The molecular weight excluding hydrogens is 691 g/mol. The summed E-state index contributed by atoms with van der Waals surface area (Å²) in [6, 6.07) is 7.94. The lowest BCUT2D eigenvalue weighted by atomic mass is 9.59. The van der Waals surface area contributed by atoms with Crippen molar-refractivity contribution >= 4 is 0 Å². The highest BCUT2D eigenvalue weighted by molar-refractivity contribution is 5.52. The monoisotopic (exact) mass is 751 g/mol. The van der Waals surface area contributed by atoms with Crippen molar-refractivity contribution in [1.29, 1.82) is 0 Å². The smallest absolute Gasteiger partial charge is 0.161 e. The zero-order valence-electron chi connectivity index (χ0n) is 32.3. The first-order valence-corrected chi connectivity index (χ1v) is 21.2. The molecule has 0 amide bonds. The van der Waals surface area contributed by atoms with Gasteiger partial charge in [-0.15, -0.1) is 0 Å². The molecule has 9 heteroatoms. The average Bonchev–Trinajstić information content (AvgIpc) is 3.87. The number of hydrogen-bond acceptors (Lipinski definition) is 8. The molecule has 2 heterocycles. The minimum Gasteiger partial charge on any atom is -0.504 e. The molecule has 11 atom stereocenters. The second-order valence-corrected chi connectivity index (χ2v) is 17.5. The minimum absolute atomic E-state index is 0.00845. The Morgan fingerprint density at radius 2 is 1.78 bits per heavy atom. The Morgan fingerprint density at radius 3 is 2.55 bits per heavy atom. The first kappa shape index (κ1) is 38.2. The summed E-state index contributed by atoms with van der Waals surface area (Å²) in [6.45, 7) is 2.79. The lowest BCUT2D eigenvalue weighted by molar-refractivity contribution is -0.114. The van der Waals surface area contributed by atoms with Crippen molar-refractivity contribution in [1.82, 2.24) is 10.3 Å². The summed E-state index contributed by atoms with van der Waals surface area (Å²) in [5, 5.41) is 61.2. The number of aromatic hydroxyl groups is 1. The maximum Gasteiger partial charge on any atom is 0.161 e. The van der Waals surface area contributed by atoms with E-state index in [1.165, 1.54) is 11.3 Å². The molecule has 1 aromatic carbocycles. The predicted molar refractivity (Wildman–Crippen MR) is 213 cm³/mol. The van der Waals surface area contributed by atoms with Gasteiger partial charge in [0.05, 0.1) is 24.1 Å². The number of rotatable bonds is 7. The van der Waals surface area contributed by atoms with Crippen LogP contribution in [0.25, 0.3) is 0 Å². The fourth-order valence-electron chi connectivity index (χ4n) is 11.5. The summed E-state index contributed by atoms with van der Waals surface area (Å²) in [5.74, 6) is 7.27. The van der Waals surface area contributed by atoms with Gasteiger partial charge in [0.25, 0.3) is 0 Å². The van der Waals surface area contributed by atoms with Crippen molar-refractivity contribution in [2.45, 2.75) is 139 Å². The molecule has 0 radical (unpaired) electrons. The first-order valence-electron chi connectivity index (χ1n) is 21.2. The number of allylic oxidation sites excluding steroid dienone is 4. The van der Waals surface area contributed by atoms with Crippen LogP contribution in [0.3, 0.4) is 0 Å². The maximum atomic E-state index is 11.9. The van der Waals surface area contributed by atoms with Gasteiger partial charge >= 0.3 is 0 Å². The van der Waals surface area contributed by atoms with E-state index in [1.807, 2.05) is 18.3 Å². The number of aromatic amines is 1. The second-order valence-electron chi connectivity index (χ2n) is 17.5. The van der Waals surface area contributed by atoms with Crippen molar-refractivity contribution in [2.24, 2.45) is 35.3 Å². The van der Waals surface area contributed by atoms with E-state index in [0.717, 1.165) is 80.9 Å². The van der Waals surface area contributed by atoms with Crippen LogP contribution in [-0.2, 0) is 11.8 Å². The summed E-state index contributed by atoms with van der Waals surface area (Å²) in [6.07, 6.45) is 15.9. The number of ether oxygens (including phenoxy) is 1. The van der Waals surface area contributed by atoms with Crippen molar-refractivity contribution in [2.75, 3.05) is 6.54 Å². The molecule has 55 heavy (non-hydrogen) atoms. The standard InChI is InChI=1S/C46H61N3O6/c1-2-27-8-3-4-9-35(50)42-30(12-11-27)22-28-13-14-29-23-37(52)39(26-34(29)33(28)25-38(42)53)55-45-32(15-16-36(51)44(45)54)43(31-17-21-49-41(47)24-31)46(18-5-6-19-46)40-10-7-20-48-40/h7,10,17,20,22-24,26-27,30,32-33,35-36,38,42-45,48-54H,2-6,8-9,13-16,18-19,21,25,47H2,1H3. The summed E-state index contributed by atoms with van der Waals surface area (Å²) >= 11 is 0. The number of aryl methyl sites for hydroxylation is 1. The third-order valence-corrected chi connectivity index (χ3v) is 14.3. The molecular formula is C46H61N3O6. The molecule has 1 aromatic heterocycles. The highest BCUT2D eigenvalue weighted by atomic mass is 16.5. The van der Waals surface area contributed by atoms with Crippen LogP contribution in [0.1, 0.15) is 113 Å². The Hall–Kier alpha value is -3.68. The van der Waals surface area contributed by atoms with E-state index < -0.39 is 30.5 Å². The molecule has 2 saturated carbocycles. The van der Waals surface area contributed by atoms with Gasteiger partial charge in [0.15, 0.2) is 11.5 Å². The van der Waals surface area contributed by atoms with Crippen molar-refractivity contribution in [3.05, 3.63) is 82.5 Å². The molecule has 2 aromatic rings. The van der Waals surface area contributed by atoms with Crippen LogP contribution in [0.15, 0.2) is 65.7 Å². The molecule has 9 N–H and O–H groups in total. The van der Waals surface area contributed by atoms with Gasteiger partial charge in [-0.2, -0.15) is 0 Å². The number of phenols is 1. The van der Waals surface area contributed by atoms with Gasteiger partial charge in [-0.1, -0.05) is 62.2 Å². The van der Waals surface area contributed by atoms with Gasteiger partial charge < -0.3 is 46.3 Å². The highest BCUT2D eigenvalue weighted by Crippen LogP contribution is 2.55. The zero-order valence-corrected chi connectivity index (χ0v) is 32.3. The number of fused-ring (bicyclic) bond motifs is 4. The number of dihydropyridines is 1. The number of H-pyrrole nitrogens is 1. The largest absolute Gasteiger partial charge is 0.504 e. The van der Waals surface area contributed by atoms with E-state index in [4.69, 9.17) is 10.5 Å². The average molecular weight is 752 g/mol. The molecule has 0 spiro atoms. The van der Waals surface area contributed by atoms with Crippen LogP contribution in [0.5, 0.6) is 11.5 Å². The van der Waals surface area contributed by atoms with Crippen LogP contribution in [-0.4, -0.2) is 67.6 Å². The van der Waals surface area contributed by atoms with E-state index in [-0.39, 0.29) is 46.5 Å². The number of phenolic OH excluding ortho intramolecular Hbond substituents is 1. The lowest BCUT2D eigenvalue weighted by Crippen LogP contribution is -2.55. The van der Waals surface area contributed by atoms with Crippen LogP contribution < -0.4 is 15.8 Å². The van der Waals surface area contributed by atoms with E-state index in [1.54, 1.807) is 6.07 Å². The van der Waals surface area contributed by atoms with Crippen LogP contribution in [0, 0.1) is 41.4 Å². The number of nitrogens with two attached hydrogens (primary N) is 1. The summed E-state index contributed by atoms with van der Waals surface area (Å²) in [4.78, 5) is 3.55. The maximum absolute atomic E-state index is 11.9. The predicted octanol–water partition coefficient (Wildman–Crippen LogP) is 5.98. The lowest BCUT2D eigenvalue weighted by Gasteiger charge is -2.49. The molecule has 296 valence electrons. The van der Waals surface area contributed by atoms with Gasteiger partial charge in [0.2, 0.25) is 0 Å². The molecule has 11 unspecified atom stereocenters. The number of aliphatic hydroxyl groups excluding tert-OH is 4.